The number of benzene rings is 1. The largest absolute Gasteiger partial charge is 0.345 e. The summed E-state index contributed by atoms with van der Waals surface area (Å²) >= 11 is 0. The Morgan fingerprint density at radius 1 is 1.50 bits per heavy atom. The maximum atomic E-state index is 11.9. The van der Waals surface area contributed by atoms with Gasteiger partial charge in [0.25, 0.3) is 0 Å². The van der Waals surface area contributed by atoms with E-state index >= 15 is 0 Å². The van der Waals surface area contributed by atoms with Gasteiger partial charge in [-0.2, -0.15) is 0 Å². The number of nitrogens with zero attached hydrogens (tertiary/aromatic N) is 1. The number of rotatable bonds is 5. The van der Waals surface area contributed by atoms with Crippen LogP contribution >= 0.6 is 0 Å². The molecule has 0 bridgehead atoms. The minimum Gasteiger partial charge on any atom is -0.345 e. The van der Waals surface area contributed by atoms with Gasteiger partial charge in [0.1, 0.15) is 0 Å². The minimum absolute atomic E-state index is 0.0947. The number of fused-ring (bicyclic) bond motifs is 1. The van der Waals surface area contributed by atoms with Gasteiger partial charge >= 0.3 is 0 Å². The summed E-state index contributed by atoms with van der Waals surface area (Å²) in [6.45, 7) is 5.59. The van der Waals surface area contributed by atoms with Gasteiger partial charge < -0.3 is 10.2 Å². The van der Waals surface area contributed by atoms with E-state index < -0.39 is 0 Å². The van der Waals surface area contributed by atoms with Gasteiger partial charge in [-0.1, -0.05) is 24.3 Å². The van der Waals surface area contributed by atoms with Crippen LogP contribution in [0.4, 0.5) is 0 Å². The van der Waals surface area contributed by atoms with Gasteiger partial charge in [-0.15, -0.1) is 0 Å². The number of hydrogen-bond acceptors (Lipinski definition) is 2. The monoisotopic (exact) mass is 246 g/mol. The molecular weight excluding hydrogens is 224 g/mol. The van der Waals surface area contributed by atoms with Gasteiger partial charge in [-0.25, -0.2) is 0 Å². The maximum absolute atomic E-state index is 11.9. The molecule has 1 N–H and O–H groups in total. The van der Waals surface area contributed by atoms with Crippen molar-refractivity contribution in [3.05, 3.63) is 35.4 Å². The van der Waals surface area contributed by atoms with Crippen molar-refractivity contribution >= 4 is 5.91 Å². The van der Waals surface area contributed by atoms with Crippen molar-refractivity contribution in [1.29, 1.82) is 0 Å². The zero-order valence-corrected chi connectivity index (χ0v) is 11.4. The second-order valence-electron chi connectivity index (χ2n) is 5.08. The number of hydrogen-bond donors (Lipinski definition) is 1. The molecule has 1 aliphatic carbocycles. The average molecular weight is 246 g/mol. The van der Waals surface area contributed by atoms with Gasteiger partial charge in [0.2, 0.25) is 5.91 Å². The highest BCUT2D eigenvalue weighted by molar-refractivity contribution is 5.81. The Labute approximate surface area is 109 Å². The number of carbonyl (C=O) groups is 1. The maximum Gasteiger partial charge on any atom is 0.239 e. The molecule has 0 fully saturated rings. The summed E-state index contributed by atoms with van der Waals surface area (Å²) in [5.74, 6) is 0.744. The van der Waals surface area contributed by atoms with E-state index in [-0.39, 0.29) is 11.9 Å². The summed E-state index contributed by atoms with van der Waals surface area (Å²) < 4.78 is 0. The predicted molar refractivity (Wildman–Crippen MR) is 73.7 cm³/mol. The van der Waals surface area contributed by atoms with E-state index in [9.17, 15) is 4.79 Å². The fraction of sp³-hybridized carbons (Fsp3) is 0.533. The van der Waals surface area contributed by atoms with Crippen LogP contribution in [0.3, 0.4) is 0 Å². The first-order chi connectivity index (χ1) is 8.63. The molecule has 0 aromatic heterocycles. The highest BCUT2D eigenvalue weighted by Crippen LogP contribution is 2.34. The SMILES string of the molecule is CCN(C)C(=O)C(C)NCC1Cc2ccccc21. The molecule has 0 saturated carbocycles. The van der Waals surface area contributed by atoms with E-state index in [2.05, 4.69) is 29.6 Å². The first kappa shape index (κ1) is 13.1. The Bertz CT molecular complexity index is 430. The Balaban J connectivity index is 1.82. The molecule has 18 heavy (non-hydrogen) atoms. The van der Waals surface area contributed by atoms with Crippen molar-refractivity contribution in [2.24, 2.45) is 0 Å². The summed E-state index contributed by atoms with van der Waals surface area (Å²) in [6, 6.07) is 8.46. The smallest absolute Gasteiger partial charge is 0.239 e. The molecule has 0 spiro atoms. The molecule has 1 amide bonds. The quantitative estimate of drug-likeness (QED) is 0.859. The Hall–Kier alpha value is -1.35. The first-order valence-electron chi connectivity index (χ1n) is 6.69. The van der Waals surface area contributed by atoms with E-state index in [1.165, 1.54) is 11.1 Å². The standard InChI is InChI=1S/C15H22N2O/c1-4-17(3)15(18)11(2)16-10-13-9-12-7-5-6-8-14(12)13/h5-8,11,13,16H,4,9-10H2,1-3H3. The zero-order chi connectivity index (χ0) is 13.1. The molecule has 0 radical (unpaired) electrons. The number of likely N-dealkylation sites (N-methyl/N-ethyl adjacent to an activating group) is 1. The lowest BCUT2D eigenvalue weighted by Crippen LogP contribution is -2.45. The van der Waals surface area contributed by atoms with Crippen molar-refractivity contribution in [1.82, 2.24) is 10.2 Å². The van der Waals surface area contributed by atoms with E-state index in [1.54, 1.807) is 4.90 Å². The summed E-state index contributed by atoms with van der Waals surface area (Å²) in [7, 11) is 1.85. The fourth-order valence-corrected chi connectivity index (χ4v) is 2.44. The van der Waals surface area contributed by atoms with Crippen LogP contribution < -0.4 is 5.32 Å². The van der Waals surface area contributed by atoms with Crippen molar-refractivity contribution < 1.29 is 4.79 Å². The van der Waals surface area contributed by atoms with Crippen LogP contribution in [0.1, 0.15) is 30.9 Å². The van der Waals surface area contributed by atoms with Crippen LogP contribution in [-0.4, -0.2) is 37.0 Å². The van der Waals surface area contributed by atoms with E-state index in [0.29, 0.717) is 5.92 Å². The highest BCUT2D eigenvalue weighted by atomic mass is 16.2. The topological polar surface area (TPSA) is 32.3 Å². The molecule has 1 aliphatic rings. The summed E-state index contributed by atoms with van der Waals surface area (Å²) in [5, 5.41) is 3.35. The molecule has 1 aromatic carbocycles. The van der Waals surface area contributed by atoms with Gasteiger partial charge in [-0.3, -0.25) is 4.79 Å². The molecule has 2 rings (SSSR count). The summed E-state index contributed by atoms with van der Waals surface area (Å²) in [6.07, 6.45) is 1.13. The third-order valence-corrected chi connectivity index (χ3v) is 3.85. The van der Waals surface area contributed by atoms with Crippen molar-refractivity contribution in [2.45, 2.75) is 32.2 Å². The van der Waals surface area contributed by atoms with Gasteiger partial charge in [0.05, 0.1) is 6.04 Å². The summed E-state index contributed by atoms with van der Waals surface area (Å²) in [5.41, 5.74) is 2.89. The van der Waals surface area contributed by atoms with Crippen molar-refractivity contribution in [3.8, 4) is 0 Å². The van der Waals surface area contributed by atoms with Crippen molar-refractivity contribution in [2.75, 3.05) is 20.1 Å². The third-order valence-electron chi connectivity index (χ3n) is 3.85. The molecule has 0 saturated heterocycles. The van der Waals surface area contributed by atoms with Gasteiger partial charge in [0.15, 0.2) is 0 Å². The normalized spacial score (nSPS) is 18.7. The van der Waals surface area contributed by atoms with Crippen molar-refractivity contribution in [3.63, 3.8) is 0 Å². The first-order valence-corrected chi connectivity index (χ1v) is 6.69. The molecule has 0 heterocycles. The highest BCUT2D eigenvalue weighted by Gasteiger charge is 2.26. The second kappa shape index (κ2) is 5.53. The number of carbonyl (C=O) groups excluding carboxylic acids is 1. The van der Waals surface area contributed by atoms with Crippen LogP contribution in [0.2, 0.25) is 0 Å². The summed E-state index contributed by atoms with van der Waals surface area (Å²) in [4.78, 5) is 13.7. The molecule has 98 valence electrons. The minimum atomic E-state index is -0.0947. The molecule has 3 nitrogen and oxygen atoms in total. The lowest BCUT2D eigenvalue weighted by atomic mass is 9.77. The molecular formula is C15H22N2O. The molecule has 2 atom stereocenters. The lowest BCUT2D eigenvalue weighted by molar-refractivity contribution is -0.131. The average Bonchev–Trinajstić information content (AvgIpc) is 2.37. The molecule has 1 aromatic rings. The van der Waals surface area contributed by atoms with Crippen LogP contribution in [0.15, 0.2) is 24.3 Å². The number of nitrogens with one attached hydrogen (secondary N) is 1. The van der Waals surface area contributed by atoms with Gasteiger partial charge in [-0.05, 0) is 31.4 Å². The van der Waals surface area contributed by atoms with E-state index in [4.69, 9.17) is 0 Å². The Kier molecular flexibility index (Phi) is 4.02. The van der Waals surface area contributed by atoms with E-state index in [1.807, 2.05) is 20.9 Å². The third kappa shape index (κ3) is 2.56. The zero-order valence-electron chi connectivity index (χ0n) is 11.4. The second-order valence-corrected chi connectivity index (χ2v) is 5.08. The molecule has 3 heteroatoms. The van der Waals surface area contributed by atoms with Gasteiger partial charge in [0, 0.05) is 26.1 Å². The number of amides is 1. The Morgan fingerprint density at radius 2 is 2.22 bits per heavy atom. The van der Waals surface area contributed by atoms with Crippen LogP contribution in [0, 0.1) is 0 Å². The van der Waals surface area contributed by atoms with Crippen LogP contribution in [-0.2, 0) is 11.2 Å². The fourth-order valence-electron chi connectivity index (χ4n) is 2.44. The van der Waals surface area contributed by atoms with Crippen LogP contribution in [0.25, 0.3) is 0 Å². The Morgan fingerprint density at radius 3 is 2.89 bits per heavy atom. The molecule has 2 unspecified atom stereocenters. The van der Waals surface area contributed by atoms with Crippen LogP contribution in [0.5, 0.6) is 0 Å². The lowest BCUT2D eigenvalue weighted by Gasteiger charge is -2.31. The van der Waals surface area contributed by atoms with E-state index in [0.717, 1.165) is 19.5 Å². The molecule has 0 aliphatic heterocycles. The predicted octanol–water partition coefficient (Wildman–Crippen LogP) is 1.78.